The molecule has 2 aromatic rings. The standard InChI is InChI=1S/C21H26N2O6/c1-21(2,3)29-20(28)23-16(10-13-4-7-15(24)8-5-13)19(27)22-12-14-6-9-17(25)18(26)11-14/h4-9,11,16,24-26H,10,12H2,1-3H3,(H,22,27)(H,23,28)/t16-/m0/s1. The Balaban J connectivity index is 2.09. The van der Waals surface area contributed by atoms with E-state index < -0.39 is 23.6 Å². The number of aromatic hydroxyl groups is 3. The van der Waals surface area contributed by atoms with Crippen molar-refractivity contribution in [3.05, 3.63) is 53.6 Å². The summed E-state index contributed by atoms with van der Waals surface area (Å²) in [6, 6.07) is 9.62. The van der Waals surface area contributed by atoms with Gasteiger partial charge in [0.1, 0.15) is 17.4 Å². The molecule has 0 aliphatic rings. The molecule has 8 nitrogen and oxygen atoms in total. The molecule has 29 heavy (non-hydrogen) atoms. The Hall–Kier alpha value is -3.42. The van der Waals surface area contributed by atoms with Crippen molar-refractivity contribution in [1.82, 2.24) is 10.6 Å². The first kappa shape index (κ1) is 21.9. The van der Waals surface area contributed by atoms with Crippen LogP contribution in [0.1, 0.15) is 31.9 Å². The maximum atomic E-state index is 12.7. The molecule has 0 aliphatic heterocycles. The number of benzene rings is 2. The molecule has 2 amide bonds. The van der Waals surface area contributed by atoms with E-state index in [-0.39, 0.29) is 30.2 Å². The number of amides is 2. The van der Waals surface area contributed by atoms with Gasteiger partial charge >= 0.3 is 6.09 Å². The highest BCUT2D eigenvalue weighted by Gasteiger charge is 2.24. The fourth-order valence-corrected chi connectivity index (χ4v) is 2.52. The molecule has 0 bridgehead atoms. The second-order valence-electron chi connectivity index (χ2n) is 7.61. The molecule has 0 saturated heterocycles. The lowest BCUT2D eigenvalue weighted by molar-refractivity contribution is -0.123. The van der Waals surface area contributed by atoms with E-state index >= 15 is 0 Å². The maximum Gasteiger partial charge on any atom is 0.408 e. The van der Waals surface area contributed by atoms with E-state index in [0.717, 1.165) is 5.56 Å². The molecule has 0 saturated carbocycles. The predicted molar refractivity (Wildman–Crippen MR) is 107 cm³/mol. The number of carbonyl (C=O) groups is 2. The number of ether oxygens (including phenoxy) is 1. The Morgan fingerprint density at radius 2 is 1.59 bits per heavy atom. The quantitative estimate of drug-likeness (QED) is 0.473. The Morgan fingerprint density at radius 3 is 2.17 bits per heavy atom. The molecule has 0 fully saturated rings. The molecule has 0 heterocycles. The highest BCUT2D eigenvalue weighted by Crippen LogP contribution is 2.24. The third kappa shape index (κ3) is 7.25. The Morgan fingerprint density at radius 1 is 0.966 bits per heavy atom. The lowest BCUT2D eigenvalue weighted by Crippen LogP contribution is -2.49. The largest absolute Gasteiger partial charge is 0.508 e. The number of hydrogen-bond acceptors (Lipinski definition) is 6. The van der Waals surface area contributed by atoms with Gasteiger partial charge in [0.15, 0.2) is 11.5 Å². The number of phenols is 3. The lowest BCUT2D eigenvalue weighted by Gasteiger charge is -2.23. The summed E-state index contributed by atoms with van der Waals surface area (Å²) in [7, 11) is 0. The summed E-state index contributed by atoms with van der Waals surface area (Å²) in [5.41, 5.74) is 0.600. The summed E-state index contributed by atoms with van der Waals surface area (Å²) in [5, 5.41) is 33.6. The number of nitrogens with one attached hydrogen (secondary N) is 2. The Kier molecular flexibility index (Phi) is 6.93. The Labute approximate surface area is 169 Å². The van der Waals surface area contributed by atoms with Gasteiger partial charge in [-0.2, -0.15) is 0 Å². The highest BCUT2D eigenvalue weighted by atomic mass is 16.6. The average Bonchev–Trinajstić information content (AvgIpc) is 2.62. The van der Waals surface area contributed by atoms with Gasteiger partial charge in [0.25, 0.3) is 0 Å². The molecule has 8 heteroatoms. The van der Waals surface area contributed by atoms with Crippen LogP contribution in [-0.4, -0.2) is 39.0 Å². The summed E-state index contributed by atoms with van der Waals surface area (Å²) >= 11 is 0. The third-order valence-corrected chi connectivity index (χ3v) is 3.89. The van der Waals surface area contributed by atoms with Gasteiger partial charge in [-0.15, -0.1) is 0 Å². The molecule has 0 unspecified atom stereocenters. The van der Waals surface area contributed by atoms with Crippen LogP contribution in [-0.2, 0) is 22.5 Å². The topological polar surface area (TPSA) is 128 Å². The van der Waals surface area contributed by atoms with E-state index in [9.17, 15) is 24.9 Å². The first-order chi connectivity index (χ1) is 13.5. The fraction of sp³-hybridized carbons (Fsp3) is 0.333. The van der Waals surface area contributed by atoms with Crippen molar-refractivity contribution >= 4 is 12.0 Å². The van der Waals surface area contributed by atoms with Gasteiger partial charge in [0.05, 0.1) is 0 Å². The summed E-state index contributed by atoms with van der Waals surface area (Å²) in [4.78, 5) is 24.9. The molecule has 2 rings (SSSR count). The molecule has 5 N–H and O–H groups in total. The van der Waals surface area contributed by atoms with Crippen molar-refractivity contribution in [2.24, 2.45) is 0 Å². The first-order valence-electron chi connectivity index (χ1n) is 9.09. The van der Waals surface area contributed by atoms with Crippen LogP contribution in [0, 0.1) is 0 Å². The lowest BCUT2D eigenvalue weighted by atomic mass is 10.0. The van der Waals surface area contributed by atoms with Crippen LogP contribution in [0.5, 0.6) is 17.2 Å². The minimum atomic E-state index is -0.917. The van der Waals surface area contributed by atoms with Crippen molar-refractivity contribution < 1.29 is 29.6 Å². The number of alkyl carbamates (subject to hydrolysis) is 1. The monoisotopic (exact) mass is 402 g/mol. The maximum absolute atomic E-state index is 12.7. The molecule has 2 aromatic carbocycles. The van der Waals surface area contributed by atoms with Crippen molar-refractivity contribution in [1.29, 1.82) is 0 Å². The molecule has 0 aromatic heterocycles. The molecule has 0 radical (unpaired) electrons. The van der Waals surface area contributed by atoms with Crippen LogP contribution < -0.4 is 10.6 Å². The van der Waals surface area contributed by atoms with Crippen molar-refractivity contribution in [3.63, 3.8) is 0 Å². The van der Waals surface area contributed by atoms with E-state index in [0.29, 0.717) is 5.56 Å². The van der Waals surface area contributed by atoms with E-state index in [2.05, 4.69) is 10.6 Å². The van der Waals surface area contributed by atoms with Crippen molar-refractivity contribution in [2.75, 3.05) is 0 Å². The van der Waals surface area contributed by atoms with E-state index in [1.165, 1.54) is 24.3 Å². The van der Waals surface area contributed by atoms with Crippen LogP contribution in [0.15, 0.2) is 42.5 Å². The zero-order chi connectivity index (χ0) is 21.6. The van der Waals surface area contributed by atoms with Gasteiger partial charge in [-0.1, -0.05) is 18.2 Å². The van der Waals surface area contributed by atoms with E-state index in [4.69, 9.17) is 4.74 Å². The van der Waals surface area contributed by atoms with Crippen LogP contribution in [0.2, 0.25) is 0 Å². The average molecular weight is 402 g/mol. The minimum absolute atomic E-state index is 0.0920. The van der Waals surface area contributed by atoms with Crippen LogP contribution >= 0.6 is 0 Å². The van der Waals surface area contributed by atoms with E-state index in [1.54, 1.807) is 39.0 Å². The molecule has 1 atom stereocenters. The smallest absolute Gasteiger partial charge is 0.408 e. The molecular formula is C21H26N2O6. The normalized spacial score (nSPS) is 12.1. The summed E-state index contributed by atoms with van der Waals surface area (Å²) in [5.74, 6) is -0.889. The van der Waals surface area contributed by atoms with Crippen LogP contribution in [0.25, 0.3) is 0 Å². The first-order valence-corrected chi connectivity index (χ1v) is 9.09. The summed E-state index contributed by atoms with van der Waals surface area (Å²) in [6.07, 6.45) is -0.537. The van der Waals surface area contributed by atoms with Crippen LogP contribution in [0.4, 0.5) is 4.79 Å². The summed E-state index contributed by atoms with van der Waals surface area (Å²) in [6.45, 7) is 5.26. The minimum Gasteiger partial charge on any atom is -0.508 e. The van der Waals surface area contributed by atoms with Gasteiger partial charge in [-0.05, 0) is 56.2 Å². The van der Waals surface area contributed by atoms with Gasteiger partial charge in [0, 0.05) is 13.0 Å². The SMILES string of the molecule is CC(C)(C)OC(=O)N[C@@H](Cc1ccc(O)cc1)C(=O)NCc1ccc(O)c(O)c1. The predicted octanol–water partition coefficient (Wildman–Crippen LogP) is 2.56. The highest BCUT2D eigenvalue weighted by molar-refractivity contribution is 5.86. The van der Waals surface area contributed by atoms with Crippen molar-refractivity contribution in [2.45, 2.75) is 45.4 Å². The third-order valence-electron chi connectivity index (χ3n) is 3.89. The number of rotatable bonds is 6. The van der Waals surface area contributed by atoms with Gasteiger partial charge in [-0.3, -0.25) is 4.79 Å². The zero-order valence-corrected chi connectivity index (χ0v) is 16.6. The van der Waals surface area contributed by atoms with Crippen molar-refractivity contribution in [3.8, 4) is 17.2 Å². The summed E-state index contributed by atoms with van der Waals surface area (Å²) < 4.78 is 5.24. The van der Waals surface area contributed by atoms with Gasteiger partial charge in [-0.25, -0.2) is 4.79 Å². The van der Waals surface area contributed by atoms with E-state index in [1.807, 2.05) is 0 Å². The second kappa shape index (κ2) is 9.18. The molecule has 156 valence electrons. The molecular weight excluding hydrogens is 376 g/mol. The number of phenolic OH excluding ortho intramolecular Hbond substituents is 3. The second-order valence-corrected chi connectivity index (χ2v) is 7.61. The van der Waals surface area contributed by atoms with Crippen LogP contribution in [0.3, 0.4) is 0 Å². The van der Waals surface area contributed by atoms with Gasteiger partial charge in [0.2, 0.25) is 5.91 Å². The number of hydrogen-bond donors (Lipinski definition) is 5. The van der Waals surface area contributed by atoms with Gasteiger partial charge < -0.3 is 30.7 Å². The fourth-order valence-electron chi connectivity index (χ4n) is 2.52. The molecule has 0 spiro atoms. The Bertz CT molecular complexity index is 858. The zero-order valence-electron chi connectivity index (χ0n) is 16.6. The number of carbonyl (C=O) groups excluding carboxylic acids is 2. The molecule has 0 aliphatic carbocycles.